The molecule has 0 radical (unpaired) electrons. The molecule has 0 fully saturated rings. The lowest BCUT2D eigenvalue weighted by Gasteiger charge is -2.03. The molecule has 76 valence electrons. The van der Waals surface area contributed by atoms with Gasteiger partial charge in [-0.25, -0.2) is 15.0 Å². The van der Waals surface area contributed by atoms with Crippen molar-refractivity contribution in [1.82, 2.24) is 19.5 Å². The van der Waals surface area contributed by atoms with Gasteiger partial charge >= 0.3 is 0 Å². The van der Waals surface area contributed by atoms with Crippen molar-refractivity contribution in [3.63, 3.8) is 0 Å². The predicted octanol–water partition coefficient (Wildman–Crippen LogP) is 1.06. The van der Waals surface area contributed by atoms with Crippen molar-refractivity contribution < 1.29 is 0 Å². The molecule has 2 rings (SSSR count). The van der Waals surface area contributed by atoms with Crippen LogP contribution in [0.4, 0.5) is 0 Å². The van der Waals surface area contributed by atoms with Crippen molar-refractivity contribution in [2.75, 3.05) is 0 Å². The lowest BCUT2D eigenvalue weighted by Crippen LogP contribution is -2.17. The maximum Gasteiger partial charge on any atom is 0.235 e. The molecule has 0 spiro atoms. The van der Waals surface area contributed by atoms with Crippen LogP contribution >= 0.6 is 28.1 Å². The number of aromatic nitrogens is 4. The summed E-state index contributed by atoms with van der Waals surface area (Å²) in [5.41, 5.74) is 5.51. The molecule has 0 atom stereocenters. The van der Waals surface area contributed by atoms with Crippen LogP contribution in [0.2, 0.25) is 0 Å². The highest BCUT2D eigenvalue weighted by molar-refractivity contribution is 9.10. The summed E-state index contributed by atoms with van der Waals surface area (Å²) in [6, 6.07) is 0. The lowest BCUT2D eigenvalue weighted by molar-refractivity contribution is 0.911. The fourth-order valence-corrected chi connectivity index (χ4v) is 1.43. The molecule has 2 N–H and O–H groups in total. The monoisotopic (exact) mass is 283 g/mol. The van der Waals surface area contributed by atoms with E-state index in [2.05, 4.69) is 30.9 Å². The summed E-state index contributed by atoms with van der Waals surface area (Å²) < 4.78 is 2.44. The Labute approximate surface area is 99.5 Å². The van der Waals surface area contributed by atoms with E-state index in [1.54, 1.807) is 29.4 Å². The maximum absolute atomic E-state index is 5.51. The number of thiocarbonyl (C=S) groups is 1. The van der Waals surface area contributed by atoms with Gasteiger partial charge in [0.2, 0.25) is 5.95 Å². The average Bonchev–Trinajstić information content (AvgIpc) is 2.67. The van der Waals surface area contributed by atoms with E-state index in [-0.39, 0.29) is 4.99 Å². The quantitative estimate of drug-likeness (QED) is 0.835. The van der Waals surface area contributed by atoms with E-state index in [0.717, 1.165) is 4.47 Å². The van der Waals surface area contributed by atoms with Crippen LogP contribution in [0.15, 0.2) is 29.3 Å². The van der Waals surface area contributed by atoms with Crippen molar-refractivity contribution in [2.24, 2.45) is 5.73 Å². The summed E-state index contributed by atoms with van der Waals surface area (Å²) in [7, 11) is 0. The van der Waals surface area contributed by atoms with E-state index in [0.29, 0.717) is 11.8 Å². The third-order valence-corrected chi connectivity index (χ3v) is 2.28. The Morgan fingerprint density at radius 1 is 1.33 bits per heavy atom. The summed E-state index contributed by atoms with van der Waals surface area (Å²) in [5, 5.41) is 0. The Kier molecular flexibility index (Phi) is 2.74. The molecule has 0 aromatic carbocycles. The third-order valence-electron chi connectivity index (χ3n) is 1.68. The molecular weight excluding hydrogens is 278 g/mol. The second-order valence-corrected chi connectivity index (χ2v) is 4.04. The molecule has 0 bridgehead atoms. The minimum atomic E-state index is 0.214. The number of hydrogen-bond donors (Lipinski definition) is 1. The van der Waals surface area contributed by atoms with Gasteiger partial charge < -0.3 is 5.73 Å². The molecule has 15 heavy (non-hydrogen) atoms. The zero-order valence-electron chi connectivity index (χ0n) is 7.46. The summed E-state index contributed by atoms with van der Waals surface area (Å²) in [5.74, 6) is 0.964. The molecule has 7 heteroatoms. The molecule has 0 unspecified atom stereocenters. The molecule has 5 nitrogen and oxygen atoms in total. The van der Waals surface area contributed by atoms with Crippen molar-refractivity contribution in [2.45, 2.75) is 0 Å². The number of nitrogens with two attached hydrogens (primary N) is 1. The zero-order valence-corrected chi connectivity index (χ0v) is 9.86. The standard InChI is InChI=1S/C8H6BrN5S/c9-5-3-12-8(13-4-5)14-2-1-11-7(14)6(10)15/h1-4H,(H2,10,15). The van der Waals surface area contributed by atoms with E-state index in [4.69, 9.17) is 18.0 Å². The van der Waals surface area contributed by atoms with Crippen LogP contribution in [0.3, 0.4) is 0 Å². The number of halogens is 1. The van der Waals surface area contributed by atoms with E-state index >= 15 is 0 Å². The SMILES string of the molecule is NC(=S)c1nccn1-c1ncc(Br)cn1. The van der Waals surface area contributed by atoms with Crippen LogP contribution in [-0.4, -0.2) is 24.5 Å². The highest BCUT2D eigenvalue weighted by Crippen LogP contribution is 2.09. The second kappa shape index (κ2) is 4.03. The van der Waals surface area contributed by atoms with Gasteiger partial charge in [-0.05, 0) is 15.9 Å². The van der Waals surface area contributed by atoms with Gasteiger partial charge in [0.25, 0.3) is 0 Å². The van der Waals surface area contributed by atoms with E-state index in [9.17, 15) is 0 Å². The Balaban J connectivity index is 2.49. The average molecular weight is 284 g/mol. The molecular formula is C8H6BrN5S. The minimum Gasteiger partial charge on any atom is -0.387 e. The molecule has 0 aliphatic heterocycles. The first-order valence-corrected chi connectivity index (χ1v) is 5.19. The largest absolute Gasteiger partial charge is 0.387 e. The van der Waals surface area contributed by atoms with Crippen molar-refractivity contribution in [3.8, 4) is 5.95 Å². The fraction of sp³-hybridized carbons (Fsp3) is 0. The van der Waals surface area contributed by atoms with E-state index < -0.39 is 0 Å². The fourth-order valence-electron chi connectivity index (χ4n) is 1.08. The summed E-state index contributed by atoms with van der Waals surface area (Å²) in [4.78, 5) is 12.5. The Hall–Kier alpha value is -1.34. The molecule has 0 saturated heterocycles. The van der Waals surface area contributed by atoms with Crippen LogP contribution in [0, 0.1) is 0 Å². The van der Waals surface area contributed by atoms with Crippen molar-refractivity contribution in [1.29, 1.82) is 0 Å². The molecule has 0 aliphatic carbocycles. The van der Waals surface area contributed by atoms with Crippen LogP contribution in [0.5, 0.6) is 0 Å². The van der Waals surface area contributed by atoms with E-state index in [1.807, 2.05) is 0 Å². The molecule has 0 saturated carbocycles. The van der Waals surface area contributed by atoms with Crippen LogP contribution in [0.25, 0.3) is 5.95 Å². The van der Waals surface area contributed by atoms with Crippen molar-refractivity contribution in [3.05, 3.63) is 35.1 Å². The first kappa shape index (κ1) is 10.2. The number of nitrogens with zero attached hydrogens (tertiary/aromatic N) is 4. The Morgan fingerprint density at radius 2 is 2.00 bits per heavy atom. The Bertz CT molecular complexity index is 492. The van der Waals surface area contributed by atoms with Gasteiger partial charge in [0, 0.05) is 24.8 Å². The summed E-state index contributed by atoms with van der Waals surface area (Å²) in [6.45, 7) is 0. The first-order chi connectivity index (χ1) is 7.18. The highest BCUT2D eigenvalue weighted by Gasteiger charge is 2.08. The van der Waals surface area contributed by atoms with Crippen molar-refractivity contribution >= 4 is 33.1 Å². The summed E-state index contributed by atoms with van der Waals surface area (Å²) >= 11 is 8.11. The van der Waals surface area contributed by atoms with Crippen LogP contribution < -0.4 is 5.73 Å². The molecule has 0 aliphatic rings. The first-order valence-electron chi connectivity index (χ1n) is 3.99. The molecule has 2 heterocycles. The van der Waals surface area contributed by atoms with Gasteiger partial charge in [-0.3, -0.25) is 4.57 Å². The molecule has 0 amide bonds. The predicted molar refractivity (Wildman–Crippen MR) is 62.7 cm³/mol. The smallest absolute Gasteiger partial charge is 0.235 e. The van der Waals surface area contributed by atoms with Gasteiger partial charge in [-0.2, -0.15) is 0 Å². The lowest BCUT2D eigenvalue weighted by atomic mass is 10.6. The maximum atomic E-state index is 5.51. The zero-order chi connectivity index (χ0) is 10.8. The normalized spacial score (nSPS) is 10.2. The Morgan fingerprint density at radius 3 is 2.60 bits per heavy atom. The topological polar surface area (TPSA) is 69.6 Å². The summed E-state index contributed by atoms with van der Waals surface area (Å²) in [6.07, 6.45) is 6.59. The van der Waals surface area contributed by atoms with Gasteiger partial charge in [-0.15, -0.1) is 0 Å². The minimum absolute atomic E-state index is 0.214. The third kappa shape index (κ3) is 2.02. The number of rotatable bonds is 2. The molecule has 2 aromatic heterocycles. The highest BCUT2D eigenvalue weighted by atomic mass is 79.9. The van der Waals surface area contributed by atoms with Gasteiger partial charge in [0.15, 0.2) is 5.82 Å². The van der Waals surface area contributed by atoms with Gasteiger partial charge in [0.1, 0.15) is 4.99 Å². The van der Waals surface area contributed by atoms with Gasteiger partial charge in [-0.1, -0.05) is 12.2 Å². The van der Waals surface area contributed by atoms with Crippen LogP contribution in [0.1, 0.15) is 5.82 Å². The molecule has 2 aromatic rings. The van der Waals surface area contributed by atoms with E-state index in [1.165, 1.54) is 0 Å². The second-order valence-electron chi connectivity index (χ2n) is 2.69. The number of hydrogen-bond acceptors (Lipinski definition) is 4. The number of imidazole rings is 1. The van der Waals surface area contributed by atoms with Gasteiger partial charge in [0.05, 0.1) is 4.47 Å². The van der Waals surface area contributed by atoms with Crippen LogP contribution in [-0.2, 0) is 0 Å².